The van der Waals surface area contributed by atoms with Crippen molar-refractivity contribution in [1.82, 2.24) is 0 Å². The minimum Gasteiger partial charge on any atom is -0.491 e. The lowest BCUT2D eigenvalue weighted by Crippen LogP contribution is -2.15. The summed E-state index contributed by atoms with van der Waals surface area (Å²) in [5.74, 6) is -1.04. The Morgan fingerprint density at radius 2 is 1.53 bits per heavy atom. The quantitative estimate of drug-likeness (QED) is 0.181. The fraction of sp³-hybridized carbons (Fsp3) is 0.222. The summed E-state index contributed by atoms with van der Waals surface area (Å²) < 4.78 is 21.8. The van der Waals surface area contributed by atoms with Crippen LogP contribution in [-0.2, 0) is 16.1 Å². The standard InChI is InChI=1S/C27H26O7/c1-18(2)33-20-13-14-22(25(15-20)32-17-19-9-5-4-6-10-19)27(30)34-24-12-8-7-11-21(24)23(28)16-26(29)31-3/h4-15,18H,16-17H2,1-3H3. The largest absolute Gasteiger partial charge is 0.491 e. The van der Waals surface area contributed by atoms with Gasteiger partial charge in [0.15, 0.2) is 5.78 Å². The van der Waals surface area contributed by atoms with Crippen LogP contribution in [0, 0.1) is 0 Å². The molecule has 0 unspecified atom stereocenters. The van der Waals surface area contributed by atoms with Gasteiger partial charge in [0.2, 0.25) is 0 Å². The summed E-state index contributed by atoms with van der Waals surface area (Å²) in [4.78, 5) is 37.1. The molecular weight excluding hydrogens is 436 g/mol. The number of Topliss-reactive ketones (excluding diaryl/α,β-unsaturated/α-hetero) is 1. The van der Waals surface area contributed by atoms with Crippen molar-refractivity contribution in [3.05, 3.63) is 89.5 Å². The molecule has 0 fully saturated rings. The third-order valence-corrected chi connectivity index (χ3v) is 4.70. The highest BCUT2D eigenvalue weighted by Gasteiger charge is 2.21. The molecule has 3 aromatic rings. The van der Waals surface area contributed by atoms with Gasteiger partial charge in [0.1, 0.15) is 35.8 Å². The molecule has 0 saturated carbocycles. The molecule has 176 valence electrons. The van der Waals surface area contributed by atoms with Crippen LogP contribution in [0.15, 0.2) is 72.8 Å². The highest BCUT2D eigenvalue weighted by atomic mass is 16.5. The maximum atomic E-state index is 13.1. The maximum Gasteiger partial charge on any atom is 0.347 e. The van der Waals surface area contributed by atoms with E-state index in [4.69, 9.17) is 14.2 Å². The lowest BCUT2D eigenvalue weighted by molar-refractivity contribution is -0.139. The Labute approximate surface area is 198 Å². The number of ketones is 1. The highest BCUT2D eigenvalue weighted by Crippen LogP contribution is 2.29. The van der Waals surface area contributed by atoms with Crippen molar-refractivity contribution in [3.63, 3.8) is 0 Å². The van der Waals surface area contributed by atoms with Gasteiger partial charge in [-0.15, -0.1) is 0 Å². The van der Waals surface area contributed by atoms with Crippen LogP contribution < -0.4 is 14.2 Å². The molecule has 0 radical (unpaired) electrons. The molecule has 0 saturated heterocycles. The Bertz CT molecular complexity index is 1150. The fourth-order valence-corrected chi connectivity index (χ4v) is 3.11. The molecular formula is C27H26O7. The molecule has 0 spiro atoms. The Hall–Kier alpha value is -4.13. The lowest BCUT2D eigenvalue weighted by atomic mass is 10.1. The molecule has 0 bridgehead atoms. The fourth-order valence-electron chi connectivity index (χ4n) is 3.11. The third-order valence-electron chi connectivity index (χ3n) is 4.70. The zero-order valence-electron chi connectivity index (χ0n) is 19.3. The minimum atomic E-state index is -0.711. The number of hydrogen-bond donors (Lipinski definition) is 0. The molecule has 7 nitrogen and oxygen atoms in total. The predicted octanol–water partition coefficient (Wildman–Crippen LogP) is 5.02. The number of methoxy groups -OCH3 is 1. The van der Waals surface area contributed by atoms with Gasteiger partial charge in [0.05, 0.1) is 18.8 Å². The first-order valence-electron chi connectivity index (χ1n) is 10.8. The summed E-state index contributed by atoms with van der Waals surface area (Å²) in [7, 11) is 1.20. The lowest BCUT2D eigenvalue weighted by Gasteiger charge is -2.15. The molecule has 3 rings (SSSR count). The monoisotopic (exact) mass is 462 g/mol. The molecule has 0 aliphatic rings. The average molecular weight is 462 g/mol. The summed E-state index contributed by atoms with van der Waals surface area (Å²) in [6, 6.07) is 20.6. The molecule has 7 heteroatoms. The van der Waals surface area contributed by atoms with E-state index in [9.17, 15) is 14.4 Å². The van der Waals surface area contributed by atoms with Crippen molar-refractivity contribution >= 4 is 17.7 Å². The number of ether oxygens (including phenoxy) is 4. The van der Waals surface area contributed by atoms with E-state index in [1.54, 1.807) is 30.3 Å². The molecule has 0 N–H and O–H groups in total. The number of benzene rings is 3. The molecule has 0 heterocycles. The van der Waals surface area contributed by atoms with E-state index >= 15 is 0 Å². The van der Waals surface area contributed by atoms with Crippen LogP contribution in [0.2, 0.25) is 0 Å². The zero-order chi connectivity index (χ0) is 24.5. The van der Waals surface area contributed by atoms with Crippen molar-refractivity contribution in [2.45, 2.75) is 33.0 Å². The minimum absolute atomic E-state index is 0.0397. The Morgan fingerprint density at radius 1 is 0.824 bits per heavy atom. The first kappa shape index (κ1) is 24.5. The van der Waals surface area contributed by atoms with Crippen LogP contribution in [0.1, 0.15) is 46.5 Å². The molecule has 3 aromatic carbocycles. The number of esters is 2. The van der Waals surface area contributed by atoms with E-state index in [-0.39, 0.29) is 35.3 Å². The third kappa shape index (κ3) is 6.68. The van der Waals surface area contributed by atoms with Crippen molar-refractivity contribution < 1.29 is 33.3 Å². The van der Waals surface area contributed by atoms with Crippen LogP contribution >= 0.6 is 0 Å². The van der Waals surface area contributed by atoms with Crippen molar-refractivity contribution in [1.29, 1.82) is 0 Å². The van der Waals surface area contributed by atoms with Crippen LogP contribution in [0.5, 0.6) is 17.2 Å². The second-order valence-corrected chi connectivity index (χ2v) is 7.66. The van der Waals surface area contributed by atoms with Crippen LogP contribution in [-0.4, -0.2) is 30.9 Å². The molecule has 0 atom stereocenters. The van der Waals surface area contributed by atoms with E-state index in [1.165, 1.54) is 19.2 Å². The van der Waals surface area contributed by atoms with E-state index in [2.05, 4.69) is 4.74 Å². The Morgan fingerprint density at radius 3 is 2.24 bits per heavy atom. The predicted molar refractivity (Wildman–Crippen MR) is 125 cm³/mol. The summed E-state index contributed by atoms with van der Waals surface area (Å²) in [6.45, 7) is 4.03. The van der Waals surface area contributed by atoms with Gasteiger partial charge in [-0.3, -0.25) is 9.59 Å². The zero-order valence-corrected chi connectivity index (χ0v) is 19.3. The normalized spacial score (nSPS) is 10.5. The number of hydrogen-bond acceptors (Lipinski definition) is 7. The van der Waals surface area contributed by atoms with Gasteiger partial charge in [0.25, 0.3) is 0 Å². The average Bonchev–Trinajstić information content (AvgIpc) is 2.83. The SMILES string of the molecule is COC(=O)CC(=O)c1ccccc1OC(=O)c1ccc(OC(C)C)cc1OCc1ccccc1. The maximum absolute atomic E-state index is 13.1. The van der Waals surface area contributed by atoms with Crippen LogP contribution in [0.25, 0.3) is 0 Å². The van der Waals surface area contributed by atoms with Gasteiger partial charge >= 0.3 is 11.9 Å². The first-order valence-corrected chi connectivity index (χ1v) is 10.8. The second kappa shape index (κ2) is 11.7. The summed E-state index contributed by atoms with van der Waals surface area (Å²) in [6.07, 6.45) is -0.523. The van der Waals surface area contributed by atoms with Gasteiger partial charge in [-0.2, -0.15) is 0 Å². The van der Waals surface area contributed by atoms with Gasteiger partial charge in [-0.1, -0.05) is 42.5 Å². The van der Waals surface area contributed by atoms with E-state index in [0.717, 1.165) is 5.56 Å². The van der Waals surface area contributed by atoms with Gasteiger partial charge in [0, 0.05) is 6.07 Å². The molecule has 0 aliphatic heterocycles. The van der Waals surface area contributed by atoms with Crippen molar-refractivity contribution in [2.24, 2.45) is 0 Å². The second-order valence-electron chi connectivity index (χ2n) is 7.66. The summed E-state index contributed by atoms with van der Waals surface area (Å²) in [5.41, 5.74) is 1.20. The summed E-state index contributed by atoms with van der Waals surface area (Å²) >= 11 is 0. The number of rotatable bonds is 10. The van der Waals surface area contributed by atoms with Crippen molar-refractivity contribution in [2.75, 3.05) is 7.11 Å². The van der Waals surface area contributed by atoms with Crippen molar-refractivity contribution in [3.8, 4) is 17.2 Å². The molecule has 34 heavy (non-hydrogen) atoms. The van der Waals surface area contributed by atoms with Crippen LogP contribution in [0.3, 0.4) is 0 Å². The molecule has 0 aromatic heterocycles. The molecule has 0 aliphatic carbocycles. The number of carbonyl (C=O) groups excluding carboxylic acids is 3. The number of carbonyl (C=O) groups is 3. The van der Waals surface area contributed by atoms with Gasteiger partial charge in [-0.25, -0.2) is 4.79 Å². The van der Waals surface area contributed by atoms with Gasteiger partial charge < -0.3 is 18.9 Å². The molecule has 0 amide bonds. The topological polar surface area (TPSA) is 88.1 Å². The number of para-hydroxylation sites is 1. The smallest absolute Gasteiger partial charge is 0.347 e. The van der Waals surface area contributed by atoms with E-state index in [0.29, 0.717) is 5.75 Å². The highest BCUT2D eigenvalue weighted by molar-refractivity contribution is 6.08. The van der Waals surface area contributed by atoms with Crippen LogP contribution in [0.4, 0.5) is 0 Å². The Kier molecular flexibility index (Phi) is 8.40. The van der Waals surface area contributed by atoms with E-state index < -0.39 is 24.1 Å². The Balaban J connectivity index is 1.86. The van der Waals surface area contributed by atoms with E-state index in [1.807, 2.05) is 44.2 Å². The first-order chi connectivity index (χ1) is 16.4. The summed E-state index contributed by atoms with van der Waals surface area (Å²) in [5, 5.41) is 0. The van der Waals surface area contributed by atoms with Gasteiger partial charge in [-0.05, 0) is 43.7 Å².